The third-order valence-corrected chi connectivity index (χ3v) is 2.64. The lowest BCUT2D eigenvalue weighted by Crippen LogP contribution is -2.32. The Morgan fingerprint density at radius 2 is 1.60 bits per heavy atom. The molecule has 0 spiro atoms. The molecule has 0 radical (unpaired) electrons. The van der Waals surface area contributed by atoms with Crippen LogP contribution >= 0.6 is 0 Å². The maximum atomic E-state index is 9.11. The van der Waals surface area contributed by atoms with Gasteiger partial charge < -0.3 is 5.11 Å². The first-order chi connectivity index (χ1) is 7.33. The van der Waals surface area contributed by atoms with E-state index in [0.717, 1.165) is 6.54 Å². The molecule has 0 saturated carbocycles. The number of aromatic hydroxyl groups is 1. The number of hydrogen-bond acceptors (Lipinski definition) is 1. The van der Waals surface area contributed by atoms with Gasteiger partial charge in [0.25, 0.3) is 0 Å². The second-order valence-electron chi connectivity index (χ2n) is 4.06. The molecule has 2 heteroatoms. The van der Waals surface area contributed by atoms with E-state index in [-0.39, 0.29) is 0 Å². The molecule has 15 heavy (non-hydrogen) atoms. The third kappa shape index (κ3) is 5.40. The summed E-state index contributed by atoms with van der Waals surface area (Å²) in [6, 6.07) is 3.47. The average molecular weight is 208 g/mol. The van der Waals surface area contributed by atoms with Gasteiger partial charge in [0.05, 0.1) is 0 Å². The molecular formula is C13H22NO+. The molecule has 0 bridgehead atoms. The van der Waals surface area contributed by atoms with E-state index in [2.05, 4.69) is 11.5 Å². The van der Waals surface area contributed by atoms with Crippen LogP contribution in [-0.4, -0.2) is 5.11 Å². The molecule has 1 rings (SSSR count). The smallest absolute Gasteiger partial charge is 0.172 e. The molecule has 0 amide bonds. The van der Waals surface area contributed by atoms with Crippen molar-refractivity contribution in [1.82, 2.24) is 0 Å². The van der Waals surface area contributed by atoms with Gasteiger partial charge in [-0.25, -0.2) is 4.57 Å². The summed E-state index contributed by atoms with van der Waals surface area (Å²) >= 11 is 0. The fourth-order valence-corrected chi connectivity index (χ4v) is 1.67. The first-order valence-electron chi connectivity index (χ1n) is 6.01. The number of pyridine rings is 1. The molecule has 2 nitrogen and oxygen atoms in total. The molecule has 84 valence electrons. The second-order valence-corrected chi connectivity index (χ2v) is 4.06. The molecule has 0 aromatic carbocycles. The van der Waals surface area contributed by atoms with Crippen LogP contribution in [0.1, 0.15) is 45.4 Å². The summed E-state index contributed by atoms with van der Waals surface area (Å²) in [6.07, 6.45) is 11.8. The Hall–Kier alpha value is -1.05. The van der Waals surface area contributed by atoms with Crippen molar-refractivity contribution >= 4 is 0 Å². The van der Waals surface area contributed by atoms with Crippen molar-refractivity contribution in [3.8, 4) is 5.75 Å². The van der Waals surface area contributed by atoms with Gasteiger partial charge in [0.15, 0.2) is 12.4 Å². The zero-order valence-electron chi connectivity index (χ0n) is 9.65. The molecule has 0 aliphatic carbocycles. The predicted octanol–water partition coefficient (Wildman–Crippen LogP) is 3.04. The second kappa shape index (κ2) is 7.27. The van der Waals surface area contributed by atoms with E-state index < -0.39 is 0 Å². The van der Waals surface area contributed by atoms with E-state index in [1.54, 1.807) is 12.1 Å². The van der Waals surface area contributed by atoms with Crippen molar-refractivity contribution in [1.29, 1.82) is 0 Å². The Morgan fingerprint density at radius 3 is 2.27 bits per heavy atom. The van der Waals surface area contributed by atoms with E-state index in [1.165, 1.54) is 38.5 Å². The summed E-state index contributed by atoms with van der Waals surface area (Å²) in [5, 5.41) is 9.11. The first-order valence-corrected chi connectivity index (χ1v) is 6.01. The van der Waals surface area contributed by atoms with Crippen molar-refractivity contribution in [3.63, 3.8) is 0 Å². The maximum Gasteiger partial charge on any atom is 0.172 e. The lowest BCUT2D eigenvalue weighted by atomic mass is 10.1. The number of rotatable bonds is 7. The molecule has 0 aliphatic rings. The van der Waals surface area contributed by atoms with Crippen LogP contribution in [0.2, 0.25) is 0 Å². The fraction of sp³-hybridized carbons (Fsp3) is 0.615. The van der Waals surface area contributed by atoms with Crippen LogP contribution in [0.25, 0.3) is 0 Å². The van der Waals surface area contributed by atoms with Gasteiger partial charge in [-0.2, -0.15) is 0 Å². The Morgan fingerprint density at radius 1 is 1.00 bits per heavy atom. The highest BCUT2D eigenvalue weighted by molar-refractivity contribution is 5.11. The van der Waals surface area contributed by atoms with Gasteiger partial charge in [0.2, 0.25) is 0 Å². The van der Waals surface area contributed by atoms with Crippen molar-refractivity contribution in [2.24, 2.45) is 0 Å². The summed E-state index contributed by atoms with van der Waals surface area (Å²) in [6.45, 7) is 3.30. The van der Waals surface area contributed by atoms with Gasteiger partial charge in [-0.15, -0.1) is 0 Å². The quantitative estimate of drug-likeness (QED) is 0.540. The molecular weight excluding hydrogens is 186 g/mol. The van der Waals surface area contributed by atoms with Crippen LogP contribution in [0.4, 0.5) is 0 Å². The third-order valence-electron chi connectivity index (χ3n) is 2.64. The lowest BCUT2D eigenvalue weighted by molar-refractivity contribution is -0.697. The molecule has 1 N–H and O–H groups in total. The largest absolute Gasteiger partial charge is 0.507 e. The number of nitrogens with zero attached hydrogens (tertiary/aromatic N) is 1. The Kier molecular flexibility index (Phi) is 5.83. The van der Waals surface area contributed by atoms with Gasteiger partial charge in [-0.1, -0.05) is 32.6 Å². The summed E-state index contributed by atoms with van der Waals surface area (Å²) in [7, 11) is 0. The topological polar surface area (TPSA) is 24.1 Å². The highest BCUT2D eigenvalue weighted by Crippen LogP contribution is 2.05. The predicted molar refractivity (Wildman–Crippen MR) is 61.7 cm³/mol. The molecule has 1 heterocycles. The Balaban J connectivity index is 2.07. The van der Waals surface area contributed by atoms with Gasteiger partial charge in [-0.3, -0.25) is 0 Å². The Labute approximate surface area is 92.6 Å². The zero-order valence-corrected chi connectivity index (χ0v) is 9.65. The van der Waals surface area contributed by atoms with Crippen LogP contribution in [0.5, 0.6) is 5.75 Å². The van der Waals surface area contributed by atoms with Crippen molar-refractivity contribution in [2.45, 2.75) is 52.0 Å². The molecule has 1 aromatic rings. The summed E-state index contributed by atoms with van der Waals surface area (Å²) in [5.41, 5.74) is 0. The fourth-order valence-electron chi connectivity index (χ4n) is 1.67. The molecule has 0 unspecified atom stereocenters. The minimum atomic E-state index is 0.342. The minimum absolute atomic E-state index is 0.342. The number of aryl methyl sites for hydroxylation is 1. The Bertz CT molecular complexity index is 256. The average Bonchev–Trinajstić information content (AvgIpc) is 2.26. The van der Waals surface area contributed by atoms with Crippen molar-refractivity contribution in [2.75, 3.05) is 0 Å². The number of hydrogen-bond donors (Lipinski definition) is 1. The molecule has 0 saturated heterocycles. The summed E-state index contributed by atoms with van der Waals surface area (Å²) in [5.74, 6) is 0.342. The molecule has 1 aromatic heterocycles. The van der Waals surface area contributed by atoms with Crippen LogP contribution in [-0.2, 0) is 6.54 Å². The summed E-state index contributed by atoms with van der Waals surface area (Å²) < 4.78 is 2.12. The van der Waals surface area contributed by atoms with E-state index in [1.807, 2.05) is 12.4 Å². The van der Waals surface area contributed by atoms with E-state index in [9.17, 15) is 0 Å². The van der Waals surface area contributed by atoms with Crippen molar-refractivity contribution < 1.29 is 9.67 Å². The monoisotopic (exact) mass is 208 g/mol. The van der Waals surface area contributed by atoms with Crippen molar-refractivity contribution in [3.05, 3.63) is 24.5 Å². The van der Waals surface area contributed by atoms with Gasteiger partial charge in [-0.05, 0) is 6.42 Å². The van der Waals surface area contributed by atoms with E-state index in [0.29, 0.717) is 5.75 Å². The van der Waals surface area contributed by atoms with E-state index >= 15 is 0 Å². The first kappa shape index (κ1) is 12.0. The summed E-state index contributed by atoms with van der Waals surface area (Å²) in [4.78, 5) is 0. The highest BCUT2D eigenvalue weighted by atomic mass is 16.3. The standard InChI is InChI=1S/C13H21NO/c1-2-3-4-5-6-7-10-14-11-8-13(15)9-12-14/h8-9,11-12H,2-7,10H2,1H3/p+1. The molecule has 0 aliphatic heterocycles. The van der Waals surface area contributed by atoms with Crippen LogP contribution in [0, 0.1) is 0 Å². The van der Waals surface area contributed by atoms with Crippen LogP contribution < -0.4 is 4.57 Å². The maximum absolute atomic E-state index is 9.11. The molecule has 0 fully saturated rings. The minimum Gasteiger partial charge on any atom is -0.507 e. The number of aromatic nitrogens is 1. The SMILES string of the molecule is CCCCCCCC[n+]1ccc(O)cc1. The normalized spacial score (nSPS) is 10.5. The van der Waals surface area contributed by atoms with Gasteiger partial charge in [0.1, 0.15) is 12.3 Å². The lowest BCUT2D eigenvalue weighted by Gasteiger charge is -1.98. The van der Waals surface area contributed by atoms with E-state index in [4.69, 9.17) is 5.11 Å². The van der Waals surface area contributed by atoms with Gasteiger partial charge >= 0.3 is 0 Å². The van der Waals surface area contributed by atoms with Gasteiger partial charge in [0, 0.05) is 18.6 Å². The van der Waals surface area contributed by atoms with Crippen LogP contribution in [0.3, 0.4) is 0 Å². The molecule has 0 atom stereocenters. The van der Waals surface area contributed by atoms with Crippen LogP contribution in [0.15, 0.2) is 24.5 Å². The number of unbranched alkanes of at least 4 members (excludes halogenated alkanes) is 5. The highest BCUT2D eigenvalue weighted by Gasteiger charge is 1.99. The zero-order chi connectivity index (χ0) is 10.9.